The minimum absolute atomic E-state index is 0.208. The van der Waals surface area contributed by atoms with E-state index in [1.807, 2.05) is 54.6 Å². The third kappa shape index (κ3) is 5.05. The average Bonchev–Trinajstić information content (AvgIpc) is 2.84. The number of ether oxygens (including phenoxy) is 1. The first-order valence-electron chi connectivity index (χ1n) is 11.2. The van der Waals surface area contributed by atoms with Gasteiger partial charge in [-0.25, -0.2) is 4.99 Å². The van der Waals surface area contributed by atoms with Crippen molar-refractivity contribution in [3.63, 3.8) is 0 Å². The quantitative estimate of drug-likeness (QED) is 0.301. The number of likely N-dealkylation sites (tertiary alicyclic amines) is 1. The first-order valence-corrected chi connectivity index (χ1v) is 11.2. The molecule has 0 amide bonds. The predicted molar refractivity (Wildman–Crippen MR) is 131 cm³/mol. The normalized spacial score (nSPS) is 16.6. The third-order valence-electron chi connectivity index (χ3n) is 6.02. The molecule has 1 fully saturated rings. The number of benzene rings is 3. The number of anilines is 1. The van der Waals surface area contributed by atoms with Gasteiger partial charge in [0.15, 0.2) is 5.96 Å². The lowest BCUT2D eigenvalue weighted by atomic mass is 10.0. The molecule has 5 nitrogen and oxygen atoms in total. The molecule has 0 saturated carbocycles. The third-order valence-corrected chi connectivity index (χ3v) is 6.02. The van der Waals surface area contributed by atoms with Crippen molar-refractivity contribution in [3.05, 3.63) is 78.4 Å². The zero-order chi connectivity index (χ0) is 22.3. The Kier molecular flexibility index (Phi) is 6.95. The van der Waals surface area contributed by atoms with Crippen LogP contribution in [-0.2, 0) is 6.54 Å². The summed E-state index contributed by atoms with van der Waals surface area (Å²) < 4.78 is 5.50. The summed E-state index contributed by atoms with van der Waals surface area (Å²) >= 11 is 0. The molecule has 0 spiro atoms. The van der Waals surface area contributed by atoms with Gasteiger partial charge in [-0.15, -0.1) is 0 Å². The Morgan fingerprint density at radius 1 is 1.03 bits per heavy atom. The fourth-order valence-electron chi connectivity index (χ4n) is 4.18. The van der Waals surface area contributed by atoms with Crippen molar-refractivity contribution >= 4 is 11.6 Å². The Hall–Kier alpha value is -3.47. The van der Waals surface area contributed by atoms with E-state index in [0.717, 1.165) is 47.8 Å². The molecule has 166 valence electrons. The zero-order valence-corrected chi connectivity index (χ0v) is 18.8. The van der Waals surface area contributed by atoms with Crippen molar-refractivity contribution in [1.29, 1.82) is 0 Å². The molecule has 0 bridgehead atoms. The van der Waals surface area contributed by atoms with Crippen molar-refractivity contribution in [1.82, 2.24) is 4.90 Å². The van der Waals surface area contributed by atoms with E-state index in [-0.39, 0.29) is 5.75 Å². The van der Waals surface area contributed by atoms with Crippen LogP contribution in [0.1, 0.15) is 31.7 Å². The second-order valence-electron chi connectivity index (χ2n) is 8.21. The predicted octanol–water partition coefficient (Wildman–Crippen LogP) is 5.91. The van der Waals surface area contributed by atoms with Gasteiger partial charge >= 0.3 is 0 Å². The first-order chi connectivity index (χ1) is 15.7. The summed E-state index contributed by atoms with van der Waals surface area (Å²) in [5.74, 6) is 1.82. The van der Waals surface area contributed by atoms with Crippen LogP contribution in [0.15, 0.2) is 77.8 Å². The number of piperidine rings is 1. The first kappa shape index (κ1) is 21.8. The van der Waals surface area contributed by atoms with E-state index in [9.17, 15) is 5.11 Å². The van der Waals surface area contributed by atoms with Gasteiger partial charge in [0.25, 0.3) is 0 Å². The van der Waals surface area contributed by atoms with Crippen molar-refractivity contribution in [3.8, 4) is 22.6 Å². The van der Waals surface area contributed by atoms with Crippen molar-refractivity contribution < 1.29 is 9.84 Å². The Balaban J connectivity index is 1.66. The number of methoxy groups -OCH3 is 1. The summed E-state index contributed by atoms with van der Waals surface area (Å²) in [5.41, 5.74) is 3.83. The number of nitrogens with one attached hydrogen (secondary N) is 1. The number of aromatic hydroxyl groups is 1. The monoisotopic (exact) mass is 429 g/mol. The lowest BCUT2D eigenvalue weighted by Crippen LogP contribution is -2.45. The molecule has 3 aromatic carbocycles. The van der Waals surface area contributed by atoms with Gasteiger partial charge in [-0.1, -0.05) is 54.6 Å². The molecule has 1 aliphatic heterocycles. The van der Waals surface area contributed by atoms with Gasteiger partial charge in [-0.05, 0) is 55.5 Å². The van der Waals surface area contributed by atoms with Crippen LogP contribution < -0.4 is 10.1 Å². The van der Waals surface area contributed by atoms with E-state index < -0.39 is 0 Å². The number of guanidine groups is 1. The van der Waals surface area contributed by atoms with Gasteiger partial charge in [0.2, 0.25) is 0 Å². The summed E-state index contributed by atoms with van der Waals surface area (Å²) in [5, 5.41) is 14.1. The molecule has 1 unspecified atom stereocenters. The maximum absolute atomic E-state index is 10.6. The van der Waals surface area contributed by atoms with Crippen LogP contribution in [0.2, 0.25) is 0 Å². The minimum atomic E-state index is 0.208. The molecule has 4 rings (SSSR count). The number of phenols is 1. The van der Waals surface area contributed by atoms with E-state index in [0.29, 0.717) is 18.3 Å². The van der Waals surface area contributed by atoms with E-state index >= 15 is 0 Å². The summed E-state index contributed by atoms with van der Waals surface area (Å²) in [6.45, 7) is 3.67. The Morgan fingerprint density at radius 3 is 2.59 bits per heavy atom. The van der Waals surface area contributed by atoms with Gasteiger partial charge in [0, 0.05) is 18.2 Å². The van der Waals surface area contributed by atoms with E-state index in [4.69, 9.17) is 9.73 Å². The molecule has 1 saturated heterocycles. The van der Waals surface area contributed by atoms with Gasteiger partial charge < -0.3 is 20.1 Å². The minimum Gasteiger partial charge on any atom is -0.506 e. The second kappa shape index (κ2) is 10.2. The molecule has 1 aliphatic rings. The van der Waals surface area contributed by atoms with Crippen LogP contribution in [-0.4, -0.2) is 35.7 Å². The largest absolute Gasteiger partial charge is 0.506 e. The highest BCUT2D eigenvalue weighted by Gasteiger charge is 2.23. The molecule has 1 heterocycles. The summed E-state index contributed by atoms with van der Waals surface area (Å²) in [7, 11) is 1.68. The maximum Gasteiger partial charge on any atom is 0.199 e. The van der Waals surface area contributed by atoms with Gasteiger partial charge in [-0.3, -0.25) is 0 Å². The van der Waals surface area contributed by atoms with Crippen LogP contribution in [0.4, 0.5) is 5.69 Å². The topological polar surface area (TPSA) is 57.1 Å². The van der Waals surface area contributed by atoms with Crippen LogP contribution in [0.25, 0.3) is 11.1 Å². The van der Waals surface area contributed by atoms with Crippen molar-refractivity contribution in [2.24, 2.45) is 4.99 Å². The molecule has 0 radical (unpaired) electrons. The number of aliphatic imine (C=N–C) groups is 1. The van der Waals surface area contributed by atoms with E-state index in [2.05, 4.69) is 29.3 Å². The number of nitrogens with zero attached hydrogens (tertiary/aromatic N) is 2. The fraction of sp³-hybridized carbons (Fsp3) is 0.296. The van der Waals surface area contributed by atoms with Crippen molar-refractivity contribution in [2.45, 2.75) is 38.8 Å². The molecule has 0 aliphatic carbocycles. The van der Waals surface area contributed by atoms with Crippen molar-refractivity contribution in [2.75, 3.05) is 19.0 Å². The van der Waals surface area contributed by atoms with E-state index in [1.54, 1.807) is 13.2 Å². The van der Waals surface area contributed by atoms with Gasteiger partial charge in [0.1, 0.15) is 11.5 Å². The Morgan fingerprint density at radius 2 is 1.81 bits per heavy atom. The van der Waals surface area contributed by atoms with E-state index in [1.165, 1.54) is 6.42 Å². The van der Waals surface area contributed by atoms with Gasteiger partial charge in [0.05, 0.1) is 19.3 Å². The Bertz CT molecular complexity index is 1070. The summed E-state index contributed by atoms with van der Waals surface area (Å²) in [6.07, 6.45) is 3.49. The van der Waals surface area contributed by atoms with Gasteiger partial charge in [-0.2, -0.15) is 0 Å². The van der Waals surface area contributed by atoms with Crippen LogP contribution in [0.5, 0.6) is 11.5 Å². The standard InChI is InChI=1S/C27H31N3O2/c1-20-10-8-9-17-30(20)27(28-19-23-13-6-7-14-26(23)32-2)29-24-18-22(15-16-25(24)31)21-11-4-3-5-12-21/h3-7,11-16,18,20,31H,8-10,17,19H2,1-2H3,(H,28,29). The molecular formula is C27H31N3O2. The molecule has 3 aromatic rings. The Labute approximate surface area is 190 Å². The molecule has 5 heteroatoms. The molecule has 32 heavy (non-hydrogen) atoms. The lowest BCUT2D eigenvalue weighted by Gasteiger charge is -2.36. The van der Waals surface area contributed by atoms with Crippen LogP contribution in [0, 0.1) is 0 Å². The number of hydrogen-bond acceptors (Lipinski definition) is 3. The number of para-hydroxylation sites is 1. The number of hydrogen-bond donors (Lipinski definition) is 2. The highest BCUT2D eigenvalue weighted by molar-refractivity contribution is 5.96. The summed E-state index contributed by atoms with van der Waals surface area (Å²) in [6, 6.07) is 24.2. The molecule has 2 N–H and O–H groups in total. The average molecular weight is 430 g/mol. The van der Waals surface area contributed by atoms with Crippen LogP contribution >= 0.6 is 0 Å². The summed E-state index contributed by atoms with van der Waals surface area (Å²) in [4.78, 5) is 7.27. The fourth-order valence-corrected chi connectivity index (χ4v) is 4.18. The highest BCUT2D eigenvalue weighted by atomic mass is 16.5. The highest BCUT2D eigenvalue weighted by Crippen LogP contribution is 2.31. The lowest BCUT2D eigenvalue weighted by molar-refractivity contribution is 0.257. The second-order valence-corrected chi connectivity index (χ2v) is 8.21. The molecule has 1 atom stereocenters. The molecular weight excluding hydrogens is 398 g/mol. The molecule has 0 aromatic heterocycles. The smallest absolute Gasteiger partial charge is 0.199 e. The zero-order valence-electron chi connectivity index (χ0n) is 18.8. The van der Waals surface area contributed by atoms with Crippen LogP contribution in [0.3, 0.4) is 0 Å². The SMILES string of the molecule is COc1ccccc1CN=C(Nc1cc(-c2ccccc2)ccc1O)N1CCCCC1C. The maximum atomic E-state index is 10.6. The number of rotatable bonds is 5. The number of phenolic OH excluding ortho intramolecular Hbond substituents is 1.